The summed E-state index contributed by atoms with van der Waals surface area (Å²) in [5.74, 6) is 0. The summed E-state index contributed by atoms with van der Waals surface area (Å²) in [5.41, 5.74) is 2.59. The molecule has 10 heteroatoms. The molecule has 6 rings (SSSR count). The van der Waals surface area contributed by atoms with Gasteiger partial charge in [0.2, 0.25) is 0 Å². The third-order valence-corrected chi connectivity index (χ3v) is 7.73. The summed E-state index contributed by atoms with van der Waals surface area (Å²) in [5, 5.41) is 17.2. The average molecular weight is 471 g/mol. The van der Waals surface area contributed by atoms with Gasteiger partial charge in [0, 0.05) is 41.6 Å². The maximum Gasteiger partial charge on any atom is 0.162 e. The predicted octanol–water partition coefficient (Wildman–Crippen LogP) is 3.52. The van der Waals surface area contributed by atoms with E-state index in [1.807, 2.05) is 10.9 Å². The van der Waals surface area contributed by atoms with Crippen LogP contribution in [0.1, 0.15) is 17.8 Å². The van der Waals surface area contributed by atoms with Crippen molar-refractivity contribution in [2.75, 3.05) is 32.8 Å². The van der Waals surface area contributed by atoms with Crippen molar-refractivity contribution in [1.82, 2.24) is 29.6 Å². The number of halogens is 1. The van der Waals surface area contributed by atoms with Gasteiger partial charge >= 0.3 is 0 Å². The predicted molar refractivity (Wildman–Crippen MR) is 124 cm³/mol. The second-order valence-corrected chi connectivity index (χ2v) is 9.96. The smallest absolute Gasteiger partial charge is 0.162 e. The Balaban J connectivity index is 1.30. The molecule has 0 aliphatic carbocycles. The maximum absolute atomic E-state index is 10.6. The number of aromatic amines is 1. The minimum atomic E-state index is -0.992. The Hall–Kier alpha value is -2.30. The normalized spacial score (nSPS) is 18.4. The molecule has 0 spiro atoms. The van der Waals surface area contributed by atoms with Crippen LogP contribution in [0.25, 0.3) is 32.7 Å². The third kappa shape index (κ3) is 3.54. The number of fused-ring (bicyclic) bond motifs is 1. The van der Waals surface area contributed by atoms with E-state index in [9.17, 15) is 5.11 Å². The summed E-state index contributed by atoms with van der Waals surface area (Å²) >= 11 is 8.00. The molecule has 0 atom stereocenters. The van der Waals surface area contributed by atoms with Crippen molar-refractivity contribution in [2.24, 2.45) is 0 Å². The number of thiazole rings is 1. The summed E-state index contributed by atoms with van der Waals surface area (Å²) in [7, 11) is 0. The Morgan fingerprint density at radius 2 is 2.00 bits per heavy atom. The summed E-state index contributed by atoms with van der Waals surface area (Å²) in [4.78, 5) is 15.7. The van der Waals surface area contributed by atoms with E-state index in [4.69, 9.17) is 16.3 Å². The van der Waals surface area contributed by atoms with Crippen LogP contribution >= 0.6 is 22.9 Å². The largest absolute Gasteiger partial charge is 0.378 e. The molecule has 8 nitrogen and oxygen atoms in total. The molecule has 0 bridgehead atoms. The molecule has 2 fully saturated rings. The van der Waals surface area contributed by atoms with Crippen molar-refractivity contribution >= 4 is 34.0 Å². The van der Waals surface area contributed by atoms with Crippen molar-refractivity contribution in [1.29, 1.82) is 0 Å². The Morgan fingerprint density at radius 3 is 2.78 bits per heavy atom. The van der Waals surface area contributed by atoms with Crippen LogP contribution in [0.5, 0.6) is 0 Å². The highest BCUT2D eigenvalue weighted by Gasteiger charge is 2.41. The number of hydrogen-bond donors (Lipinski definition) is 2. The molecule has 4 aromatic heterocycles. The molecule has 6 heterocycles. The second-order valence-electron chi connectivity index (χ2n) is 8.52. The number of ether oxygens (including phenoxy) is 1. The average Bonchev–Trinajstić information content (AvgIpc) is 3.56. The molecule has 0 saturated carbocycles. The number of pyridine rings is 1. The fourth-order valence-electron chi connectivity index (χ4n) is 4.36. The van der Waals surface area contributed by atoms with Gasteiger partial charge in [0.25, 0.3) is 0 Å². The van der Waals surface area contributed by atoms with Gasteiger partial charge in [-0.2, -0.15) is 5.10 Å². The van der Waals surface area contributed by atoms with Crippen molar-refractivity contribution in [3.63, 3.8) is 0 Å². The lowest BCUT2D eigenvalue weighted by Crippen LogP contribution is -2.46. The van der Waals surface area contributed by atoms with Crippen LogP contribution in [0.2, 0.25) is 5.02 Å². The number of H-pyrrole nitrogens is 1. The monoisotopic (exact) mass is 470 g/mol. The molecule has 0 aromatic carbocycles. The van der Waals surface area contributed by atoms with Crippen molar-refractivity contribution in [3.8, 4) is 21.7 Å². The first kappa shape index (κ1) is 20.3. The number of aromatic nitrogens is 5. The first-order valence-corrected chi connectivity index (χ1v) is 12.0. The summed E-state index contributed by atoms with van der Waals surface area (Å²) in [6.07, 6.45) is 9.96. The summed E-state index contributed by atoms with van der Waals surface area (Å²) < 4.78 is 7.16. The zero-order chi connectivity index (χ0) is 21.7. The van der Waals surface area contributed by atoms with Gasteiger partial charge in [-0.15, -0.1) is 11.3 Å². The Labute approximate surface area is 193 Å². The molecule has 0 radical (unpaired) electrons. The van der Waals surface area contributed by atoms with E-state index >= 15 is 0 Å². The zero-order valence-electron chi connectivity index (χ0n) is 17.4. The molecule has 0 amide bonds. The topological polar surface area (TPSA) is 92.1 Å². The minimum Gasteiger partial charge on any atom is -0.378 e. The van der Waals surface area contributed by atoms with Gasteiger partial charge in [0.05, 0.1) is 41.5 Å². The second kappa shape index (κ2) is 7.93. The first-order valence-electron chi connectivity index (χ1n) is 10.8. The lowest BCUT2D eigenvalue weighted by Gasteiger charge is -2.34. The molecule has 2 aliphatic rings. The Bertz CT molecular complexity index is 1270. The highest BCUT2D eigenvalue weighted by molar-refractivity contribution is 7.15. The van der Waals surface area contributed by atoms with Crippen LogP contribution in [0.3, 0.4) is 0 Å². The zero-order valence-corrected chi connectivity index (χ0v) is 19.0. The molecule has 4 aromatic rings. The van der Waals surface area contributed by atoms with Gasteiger partial charge in [0.1, 0.15) is 10.7 Å². The summed E-state index contributed by atoms with van der Waals surface area (Å²) in [6.45, 7) is 4.83. The van der Waals surface area contributed by atoms with E-state index in [-0.39, 0.29) is 13.2 Å². The van der Waals surface area contributed by atoms with E-state index < -0.39 is 5.60 Å². The maximum atomic E-state index is 10.6. The SMILES string of the molecule is OC1(c2ncc(-c3c(Cl)cnc4[nH]c(-c5cnn(CCN6CCCC6)c5)cc34)s2)COC1. The summed E-state index contributed by atoms with van der Waals surface area (Å²) in [6, 6.07) is 2.06. The third-order valence-electron chi connectivity index (χ3n) is 6.23. The molecule has 2 aliphatic heterocycles. The lowest BCUT2D eigenvalue weighted by molar-refractivity contribution is -0.184. The molecule has 2 saturated heterocycles. The highest BCUT2D eigenvalue weighted by Crippen LogP contribution is 2.41. The van der Waals surface area contributed by atoms with Crippen molar-refractivity contribution < 1.29 is 9.84 Å². The van der Waals surface area contributed by atoms with Gasteiger partial charge in [-0.25, -0.2) is 9.97 Å². The lowest BCUT2D eigenvalue weighted by atomic mass is 10.0. The highest BCUT2D eigenvalue weighted by atomic mass is 35.5. The minimum absolute atomic E-state index is 0.273. The van der Waals surface area contributed by atoms with Crippen LogP contribution in [0.15, 0.2) is 30.9 Å². The number of rotatable bonds is 6. The van der Waals surface area contributed by atoms with Crippen LogP contribution in [-0.2, 0) is 16.9 Å². The van der Waals surface area contributed by atoms with Crippen molar-refractivity contribution in [2.45, 2.75) is 25.0 Å². The fraction of sp³-hybridized carbons (Fsp3) is 0.409. The molecular weight excluding hydrogens is 448 g/mol. The van der Waals surface area contributed by atoms with Gasteiger partial charge in [-0.1, -0.05) is 11.6 Å². The number of likely N-dealkylation sites (tertiary alicyclic amines) is 1. The quantitative estimate of drug-likeness (QED) is 0.448. The number of nitrogens with zero attached hydrogens (tertiary/aromatic N) is 5. The van der Waals surface area contributed by atoms with E-state index in [1.165, 1.54) is 37.3 Å². The number of nitrogens with one attached hydrogen (secondary N) is 1. The number of aliphatic hydroxyl groups is 1. The Morgan fingerprint density at radius 1 is 1.16 bits per heavy atom. The fourth-order valence-corrected chi connectivity index (χ4v) is 5.71. The van der Waals surface area contributed by atoms with E-state index in [0.717, 1.165) is 45.8 Å². The molecule has 2 N–H and O–H groups in total. The standard InChI is InChI=1S/C22H23ClN6O2S/c23-16-9-24-20-15(19(16)18-10-25-21(32-18)22(30)12-31-13-22)7-17(27-20)14-8-26-29(11-14)6-5-28-3-1-2-4-28/h7-11,30H,1-6,12-13H2,(H,24,27). The van der Waals surface area contributed by atoms with Crippen LogP contribution in [-0.4, -0.2) is 67.6 Å². The van der Waals surface area contributed by atoms with Gasteiger partial charge in [0.15, 0.2) is 5.60 Å². The van der Waals surface area contributed by atoms with Crippen LogP contribution in [0, 0.1) is 0 Å². The van der Waals surface area contributed by atoms with E-state index in [2.05, 4.69) is 37.2 Å². The molecule has 166 valence electrons. The Kier molecular flexibility index (Phi) is 5.03. The van der Waals surface area contributed by atoms with E-state index in [0.29, 0.717) is 10.0 Å². The molecular formula is C22H23ClN6O2S. The van der Waals surface area contributed by atoms with Crippen molar-refractivity contribution in [3.05, 3.63) is 40.9 Å². The van der Waals surface area contributed by atoms with Gasteiger partial charge in [-0.05, 0) is 32.0 Å². The molecule has 0 unspecified atom stereocenters. The van der Waals surface area contributed by atoms with Crippen LogP contribution < -0.4 is 0 Å². The number of hydrogen-bond acceptors (Lipinski definition) is 7. The van der Waals surface area contributed by atoms with Gasteiger partial charge in [-0.3, -0.25) is 4.68 Å². The van der Waals surface area contributed by atoms with Crippen LogP contribution in [0.4, 0.5) is 0 Å². The molecule has 32 heavy (non-hydrogen) atoms. The first-order chi connectivity index (χ1) is 15.6. The van der Waals surface area contributed by atoms with Gasteiger partial charge < -0.3 is 19.7 Å². The van der Waals surface area contributed by atoms with E-state index in [1.54, 1.807) is 12.4 Å².